The van der Waals surface area contributed by atoms with Crippen molar-refractivity contribution in [3.05, 3.63) is 119 Å². The van der Waals surface area contributed by atoms with Crippen LogP contribution in [0.3, 0.4) is 0 Å². The van der Waals surface area contributed by atoms with Crippen LogP contribution in [0.4, 0.5) is 0 Å². The first kappa shape index (κ1) is 31.5. The molecule has 2 aromatic carbocycles. The summed E-state index contributed by atoms with van der Waals surface area (Å²) in [7, 11) is 2.16. The summed E-state index contributed by atoms with van der Waals surface area (Å²) in [4.78, 5) is 0. The van der Waals surface area contributed by atoms with Crippen molar-refractivity contribution in [1.29, 1.82) is 0 Å². The molecule has 3 heterocycles. The second kappa shape index (κ2) is 12.0. The molecule has 2 unspecified atom stereocenters. The Hall–Kier alpha value is -3.52. The molecule has 2 atom stereocenters. The molecule has 0 bridgehead atoms. The van der Waals surface area contributed by atoms with Crippen LogP contribution in [0.5, 0.6) is 0 Å². The van der Waals surface area contributed by atoms with E-state index in [2.05, 4.69) is 150 Å². The van der Waals surface area contributed by atoms with E-state index in [1.54, 1.807) is 16.7 Å². The van der Waals surface area contributed by atoms with Crippen LogP contribution in [0.2, 0.25) is 0 Å². The average Bonchev–Trinajstić information content (AvgIpc) is 3.27. The number of nitrogens with zero attached hydrogens (tertiary/aromatic N) is 2. The Balaban J connectivity index is 1.56. The van der Waals surface area contributed by atoms with Crippen molar-refractivity contribution in [2.75, 3.05) is 0 Å². The Morgan fingerprint density at radius 1 is 0.667 bits per heavy atom. The number of fused-ring (bicyclic) bond motifs is 4. The largest absolute Gasteiger partial charge is 0.212 e. The van der Waals surface area contributed by atoms with Crippen LogP contribution >= 0.6 is 0 Å². The fraction of sp³-hybridized carbons (Fsp3) is 0.442. The molecular formula is C43H54N2+2. The minimum Gasteiger partial charge on any atom is -0.201 e. The van der Waals surface area contributed by atoms with Gasteiger partial charge in [0.15, 0.2) is 17.9 Å². The van der Waals surface area contributed by atoms with E-state index in [1.807, 2.05) is 0 Å². The van der Waals surface area contributed by atoms with Crippen molar-refractivity contribution in [2.24, 2.45) is 12.5 Å². The van der Waals surface area contributed by atoms with Gasteiger partial charge in [-0.25, -0.2) is 4.57 Å². The predicted molar refractivity (Wildman–Crippen MR) is 189 cm³/mol. The molecule has 0 N–H and O–H groups in total. The molecule has 234 valence electrons. The summed E-state index contributed by atoms with van der Waals surface area (Å²) in [6.45, 7) is 17.1. The summed E-state index contributed by atoms with van der Waals surface area (Å²) in [6, 6.07) is 27.8. The first-order valence-electron chi connectivity index (χ1n) is 17.6. The molecule has 2 nitrogen and oxygen atoms in total. The molecule has 0 saturated carbocycles. The van der Waals surface area contributed by atoms with E-state index in [1.165, 1.54) is 64.9 Å². The van der Waals surface area contributed by atoms with E-state index in [4.69, 9.17) is 0 Å². The third-order valence-corrected chi connectivity index (χ3v) is 12.0. The van der Waals surface area contributed by atoms with Gasteiger partial charge in [0.1, 0.15) is 7.05 Å². The maximum atomic E-state index is 2.68. The summed E-state index contributed by atoms with van der Waals surface area (Å²) in [5.74, 6) is 0. The number of hydrogen-bond donors (Lipinski definition) is 0. The van der Waals surface area contributed by atoms with Gasteiger partial charge >= 0.3 is 0 Å². The minimum atomic E-state index is -0.0633. The number of allylic oxidation sites excluding steroid dienone is 2. The van der Waals surface area contributed by atoms with Gasteiger partial charge in [0, 0.05) is 54.2 Å². The summed E-state index contributed by atoms with van der Waals surface area (Å²) in [5, 5.41) is 0. The van der Waals surface area contributed by atoms with Gasteiger partial charge in [0.05, 0.1) is 5.41 Å². The SMILES string of the molecule is CCCCCc1cc2c(cc1C)C1=C(c3cccc[n+]3C(C)(CC)C1(CC)CCc1ccccc1-c1cccc[n+]1C)C2(C)C. The van der Waals surface area contributed by atoms with E-state index in [9.17, 15) is 0 Å². The van der Waals surface area contributed by atoms with Crippen molar-refractivity contribution in [3.63, 3.8) is 0 Å². The van der Waals surface area contributed by atoms with Crippen LogP contribution in [-0.4, -0.2) is 0 Å². The van der Waals surface area contributed by atoms with E-state index in [0.717, 1.165) is 25.7 Å². The second-order valence-electron chi connectivity index (χ2n) is 14.5. The molecule has 4 aromatic rings. The highest BCUT2D eigenvalue weighted by Crippen LogP contribution is 2.65. The quantitative estimate of drug-likeness (QED) is 0.127. The van der Waals surface area contributed by atoms with E-state index in [0.29, 0.717) is 0 Å². The molecule has 1 aliphatic carbocycles. The molecule has 0 spiro atoms. The number of benzene rings is 2. The van der Waals surface area contributed by atoms with Crippen molar-refractivity contribution in [1.82, 2.24) is 0 Å². The molecule has 1 aliphatic heterocycles. The summed E-state index contributed by atoms with van der Waals surface area (Å²) < 4.78 is 4.94. The third kappa shape index (κ3) is 4.82. The number of pyridine rings is 2. The Labute approximate surface area is 272 Å². The zero-order valence-corrected chi connectivity index (χ0v) is 29.1. The van der Waals surface area contributed by atoms with Gasteiger partial charge in [-0.2, -0.15) is 4.57 Å². The first-order chi connectivity index (χ1) is 21.6. The molecule has 6 rings (SSSR count). The Morgan fingerprint density at radius 2 is 1.38 bits per heavy atom. The average molecular weight is 599 g/mol. The van der Waals surface area contributed by atoms with Gasteiger partial charge < -0.3 is 0 Å². The molecular weight excluding hydrogens is 544 g/mol. The summed E-state index contributed by atoms with van der Waals surface area (Å²) in [5.41, 5.74) is 14.6. The topological polar surface area (TPSA) is 7.76 Å². The molecule has 0 radical (unpaired) electrons. The zero-order chi connectivity index (χ0) is 32.0. The van der Waals surface area contributed by atoms with E-state index in [-0.39, 0.29) is 16.4 Å². The van der Waals surface area contributed by atoms with Gasteiger partial charge in [-0.3, -0.25) is 0 Å². The second-order valence-corrected chi connectivity index (χ2v) is 14.5. The predicted octanol–water partition coefficient (Wildman–Crippen LogP) is 9.88. The monoisotopic (exact) mass is 598 g/mol. The van der Waals surface area contributed by atoms with Gasteiger partial charge in [0.2, 0.25) is 11.4 Å². The van der Waals surface area contributed by atoms with Crippen molar-refractivity contribution in [3.8, 4) is 11.3 Å². The van der Waals surface area contributed by atoms with Crippen LogP contribution in [0, 0.1) is 12.3 Å². The van der Waals surface area contributed by atoms with Gasteiger partial charge in [-0.15, -0.1) is 0 Å². The lowest BCUT2D eigenvalue weighted by Gasteiger charge is -2.49. The molecule has 0 fully saturated rings. The van der Waals surface area contributed by atoms with Crippen LogP contribution in [0.25, 0.3) is 22.4 Å². The fourth-order valence-corrected chi connectivity index (χ4v) is 9.19. The minimum absolute atomic E-state index is 0.0270. The molecule has 0 saturated heterocycles. The number of aromatic nitrogens is 2. The third-order valence-electron chi connectivity index (χ3n) is 12.0. The summed E-state index contributed by atoms with van der Waals surface area (Å²) in [6.07, 6.45) is 13.9. The zero-order valence-electron chi connectivity index (χ0n) is 29.1. The number of rotatable bonds is 10. The molecule has 2 aliphatic rings. The highest BCUT2D eigenvalue weighted by atomic mass is 15.1. The van der Waals surface area contributed by atoms with Crippen LogP contribution in [0.1, 0.15) is 114 Å². The van der Waals surface area contributed by atoms with E-state index >= 15 is 0 Å². The van der Waals surface area contributed by atoms with Crippen molar-refractivity contribution >= 4 is 11.1 Å². The Bertz CT molecular complexity index is 1760. The standard InChI is InChI=1S/C43H54N2/c1-9-12-13-21-33-30-36-35(29-31(33)4)39-40(41(36,5)6)38-24-17-19-28-45(38)42(7,10-2)43(39,11-3)26-25-32-20-14-15-22-34(32)37-23-16-18-27-44(37)8/h14-20,22-24,27-30H,9-13,21,25-26H2,1-8H3/q+2. The maximum Gasteiger partial charge on any atom is 0.212 e. The van der Waals surface area contributed by atoms with Crippen molar-refractivity contribution < 1.29 is 9.13 Å². The van der Waals surface area contributed by atoms with Crippen LogP contribution in [0.15, 0.2) is 85.2 Å². The van der Waals surface area contributed by atoms with Gasteiger partial charge in [0.25, 0.3) is 0 Å². The maximum absolute atomic E-state index is 2.68. The number of unbranched alkanes of at least 4 members (excludes halogenated alkanes) is 2. The van der Waals surface area contributed by atoms with Crippen LogP contribution in [-0.2, 0) is 30.8 Å². The van der Waals surface area contributed by atoms with E-state index < -0.39 is 0 Å². The number of hydrogen-bond acceptors (Lipinski definition) is 0. The molecule has 2 aromatic heterocycles. The van der Waals surface area contributed by atoms with Gasteiger partial charge in [-0.05, 0) is 90.6 Å². The van der Waals surface area contributed by atoms with Crippen LogP contribution < -0.4 is 9.13 Å². The highest BCUT2D eigenvalue weighted by molar-refractivity contribution is 6.03. The lowest BCUT2D eigenvalue weighted by Crippen LogP contribution is -2.67. The summed E-state index contributed by atoms with van der Waals surface area (Å²) >= 11 is 0. The smallest absolute Gasteiger partial charge is 0.201 e. The lowest BCUT2D eigenvalue weighted by molar-refractivity contribution is -0.779. The van der Waals surface area contributed by atoms with Crippen molar-refractivity contribution in [2.45, 2.75) is 111 Å². The first-order valence-corrected chi connectivity index (χ1v) is 17.6. The Morgan fingerprint density at radius 3 is 2.09 bits per heavy atom. The Kier molecular flexibility index (Phi) is 8.40. The molecule has 2 heteroatoms. The number of aryl methyl sites for hydroxylation is 4. The fourth-order valence-electron chi connectivity index (χ4n) is 9.19. The van der Waals surface area contributed by atoms with Gasteiger partial charge in [-0.1, -0.05) is 77.8 Å². The molecule has 0 amide bonds. The highest BCUT2D eigenvalue weighted by Gasteiger charge is 2.63. The molecule has 45 heavy (non-hydrogen) atoms. The normalized spacial score (nSPS) is 21.4. The lowest BCUT2D eigenvalue weighted by atomic mass is 9.56.